The number of hydrogen-bond acceptors (Lipinski definition) is 5. The van der Waals surface area contributed by atoms with Crippen molar-refractivity contribution in [3.63, 3.8) is 0 Å². The molecule has 3 atom stereocenters. The van der Waals surface area contributed by atoms with Gasteiger partial charge < -0.3 is 19.7 Å². The number of amides is 2. The van der Waals surface area contributed by atoms with Gasteiger partial charge in [0.1, 0.15) is 12.4 Å². The van der Waals surface area contributed by atoms with Gasteiger partial charge in [0.15, 0.2) is 0 Å². The lowest BCUT2D eigenvalue weighted by molar-refractivity contribution is -0.140. The van der Waals surface area contributed by atoms with Gasteiger partial charge in [0.05, 0.1) is 18.1 Å². The summed E-state index contributed by atoms with van der Waals surface area (Å²) in [6.45, 7) is 6.16. The van der Waals surface area contributed by atoms with Gasteiger partial charge in [0, 0.05) is 58.0 Å². The summed E-state index contributed by atoms with van der Waals surface area (Å²) in [5, 5.41) is 2.78. The first-order valence-corrected chi connectivity index (χ1v) is 11.6. The Kier molecular flexibility index (Phi) is 10.2. The molecule has 1 aromatic carbocycles. The van der Waals surface area contributed by atoms with Crippen LogP contribution >= 0.6 is 0 Å². The predicted molar refractivity (Wildman–Crippen MR) is 124 cm³/mol. The molecule has 1 aliphatic rings. The molecule has 10 heteroatoms. The third-order valence-electron chi connectivity index (χ3n) is 6.02. The van der Waals surface area contributed by atoms with Gasteiger partial charge in [-0.1, -0.05) is 13.8 Å². The number of anilines is 1. The number of alkyl halides is 3. The Bertz CT molecular complexity index is 834. The van der Waals surface area contributed by atoms with Crippen LogP contribution in [0.2, 0.25) is 0 Å². The van der Waals surface area contributed by atoms with Crippen molar-refractivity contribution in [1.82, 2.24) is 9.80 Å². The molecule has 0 aliphatic carbocycles. The van der Waals surface area contributed by atoms with Gasteiger partial charge >= 0.3 is 6.18 Å². The molecule has 0 aromatic heterocycles. The van der Waals surface area contributed by atoms with Crippen molar-refractivity contribution in [1.29, 1.82) is 0 Å². The lowest BCUT2D eigenvalue weighted by Gasteiger charge is -2.36. The minimum atomic E-state index is -4.26. The summed E-state index contributed by atoms with van der Waals surface area (Å²) in [4.78, 5) is 28.5. The molecule has 2 amide bonds. The summed E-state index contributed by atoms with van der Waals surface area (Å²) in [5.41, 5.74) is 0.804. The van der Waals surface area contributed by atoms with E-state index in [0.717, 1.165) is 0 Å². The van der Waals surface area contributed by atoms with Crippen molar-refractivity contribution < 1.29 is 32.2 Å². The first kappa shape index (κ1) is 27.9. The van der Waals surface area contributed by atoms with Crippen LogP contribution < -0.4 is 10.1 Å². The number of fused-ring (bicyclic) bond motifs is 1. The molecular formula is C24H36F3N3O4. The fourth-order valence-electron chi connectivity index (χ4n) is 3.96. The number of carbonyl (C=O) groups is 2. The van der Waals surface area contributed by atoms with Crippen LogP contribution in [0.5, 0.6) is 5.75 Å². The van der Waals surface area contributed by atoms with Crippen LogP contribution in [0.15, 0.2) is 18.2 Å². The van der Waals surface area contributed by atoms with Gasteiger partial charge in [-0.05, 0) is 31.4 Å². The molecule has 0 radical (unpaired) electrons. The zero-order valence-electron chi connectivity index (χ0n) is 20.6. The first-order valence-electron chi connectivity index (χ1n) is 11.6. The van der Waals surface area contributed by atoms with E-state index in [0.29, 0.717) is 30.6 Å². The third-order valence-corrected chi connectivity index (χ3v) is 6.02. The van der Waals surface area contributed by atoms with Crippen molar-refractivity contribution >= 4 is 17.5 Å². The minimum Gasteiger partial charge on any atom is -0.491 e. The number of carbonyl (C=O) groups excluding carboxylic acids is 2. The van der Waals surface area contributed by atoms with Crippen molar-refractivity contribution in [3.8, 4) is 5.75 Å². The van der Waals surface area contributed by atoms with Gasteiger partial charge in [-0.15, -0.1) is 0 Å². The van der Waals surface area contributed by atoms with Gasteiger partial charge in [-0.2, -0.15) is 13.2 Å². The highest BCUT2D eigenvalue weighted by molar-refractivity contribution is 5.98. The molecule has 34 heavy (non-hydrogen) atoms. The SMILES string of the molecule is CCCC(=O)Nc1ccc2c(c1)OC[C@H](C)N(CCC(F)(F)F)C[C@H](C)[C@@H](OC)CN(C)C2=O. The topological polar surface area (TPSA) is 71.1 Å². The van der Waals surface area contributed by atoms with Crippen LogP contribution in [0, 0.1) is 5.92 Å². The molecule has 1 aromatic rings. The smallest absolute Gasteiger partial charge is 0.390 e. The van der Waals surface area contributed by atoms with E-state index in [1.807, 2.05) is 13.8 Å². The zero-order chi connectivity index (χ0) is 25.5. The molecule has 0 saturated carbocycles. The number of nitrogens with zero attached hydrogens (tertiary/aromatic N) is 2. The van der Waals surface area contributed by atoms with E-state index in [1.165, 1.54) is 12.0 Å². The third kappa shape index (κ3) is 8.16. The highest BCUT2D eigenvalue weighted by atomic mass is 19.4. The molecule has 192 valence electrons. The number of hydrogen-bond donors (Lipinski definition) is 1. The molecule has 1 N–H and O–H groups in total. The van der Waals surface area contributed by atoms with E-state index in [1.54, 1.807) is 37.1 Å². The standard InChI is InChI=1S/C24H36F3N3O4/c1-6-7-22(31)28-18-8-9-19-20(12-18)34-15-17(3)30(11-10-24(25,26)27)13-16(2)21(33-5)14-29(4)23(19)32/h8-9,12,16-17,21H,6-7,10-11,13-15H2,1-5H3,(H,28,31)/t16-,17-,21-/m0/s1. The largest absolute Gasteiger partial charge is 0.491 e. The van der Waals surface area contributed by atoms with Crippen molar-refractivity contribution in [2.45, 2.75) is 58.4 Å². The zero-order valence-corrected chi connectivity index (χ0v) is 20.6. The molecule has 0 saturated heterocycles. The van der Waals surface area contributed by atoms with Crippen LogP contribution in [0.1, 0.15) is 50.4 Å². The Morgan fingerprint density at radius 1 is 1.26 bits per heavy atom. The molecule has 0 fully saturated rings. The molecule has 1 aliphatic heterocycles. The Morgan fingerprint density at radius 3 is 2.59 bits per heavy atom. The second kappa shape index (κ2) is 12.4. The monoisotopic (exact) mass is 487 g/mol. The number of halogens is 3. The summed E-state index contributed by atoms with van der Waals surface area (Å²) in [6, 6.07) is 4.48. The molecule has 1 heterocycles. The second-order valence-electron chi connectivity index (χ2n) is 8.97. The van der Waals surface area contributed by atoms with Gasteiger partial charge in [0.25, 0.3) is 5.91 Å². The minimum absolute atomic E-state index is 0.0819. The highest BCUT2D eigenvalue weighted by Gasteiger charge is 2.32. The normalized spacial score (nSPS) is 22.9. The number of likely N-dealkylation sites (N-methyl/N-ethyl adjacent to an activating group) is 1. The van der Waals surface area contributed by atoms with Crippen molar-refractivity contribution in [3.05, 3.63) is 23.8 Å². The van der Waals surface area contributed by atoms with Crippen LogP contribution in [-0.2, 0) is 9.53 Å². The fourth-order valence-corrected chi connectivity index (χ4v) is 3.96. The lowest BCUT2D eigenvalue weighted by atomic mass is 10.0. The summed E-state index contributed by atoms with van der Waals surface area (Å²) in [5.74, 6) is -0.261. The Labute approximate surface area is 199 Å². The maximum absolute atomic E-state index is 13.2. The fraction of sp³-hybridized carbons (Fsp3) is 0.667. The maximum atomic E-state index is 13.2. The van der Waals surface area contributed by atoms with Crippen molar-refractivity contribution in [2.75, 3.05) is 45.7 Å². The predicted octanol–water partition coefficient (Wildman–Crippen LogP) is 4.18. The molecule has 0 bridgehead atoms. The number of methoxy groups -OCH3 is 1. The Hall–Kier alpha value is -2.33. The number of ether oxygens (including phenoxy) is 2. The van der Waals surface area contributed by atoms with Crippen LogP contribution in [0.3, 0.4) is 0 Å². The summed E-state index contributed by atoms with van der Waals surface area (Å²) < 4.78 is 50.5. The molecular weight excluding hydrogens is 451 g/mol. The van der Waals surface area contributed by atoms with Gasteiger partial charge in [-0.3, -0.25) is 14.5 Å². The van der Waals surface area contributed by atoms with Crippen molar-refractivity contribution in [2.24, 2.45) is 5.92 Å². The van der Waals surface area contributed by atoms with Gasteiger partial charge in [0.2, 0.25) is 5.91 Å². The summed E-state index contributed by atoms with van der Waals surface area (Å²) in [7, 11) is 3.19. The highest BCUT2D eigenvalue weighted by Crippen LogP contribution is 2.27. The maximum Gasteiger partial charge on any atom is 0.390 e. The first-order chi connectivity index (χ1) is 15.9. The molecule has 2 rings (SSSR count). The second-order valence-corrected chi connectivity index (χ2v) is 8.97. The molecule has 0 spiro atoms. The molecule has 0 unspecified atom stereocenters. The molecule has 7 nitrogen and oxygen atoms in total. The van der Waals surface area contributed by atoms with E-state index in [4.69, 9.17) is 9.47 Å². The average Bonchev–Trinajstić information content (AvgIpc) is 2.76. The number of rotatable bonds is 6. The Balaban J connectivity index is 2.37. The van der Waals surface area contributed by atoms with Crippen LogP contribution in [0.4, 0.5) is 18.9 Å². The summed E-state index contributed by atoms with van der Waals surface area (Å²) >= 11 is 0. The number of benzene rings is 1. The Morgan fingerprint density at radius 2 is 1.97 bits per heavy atom. The van der Waals surface area contributed by atoms with E-state index in [9.17, 15) is 22.8 Å². The average molecular weight is 488 g/mol. The van der Waals surface area contributed by atoms with Crippen LogP contribution in [0.25, 0.3) is 0 Å². The number of nitrogens with one attached hydrogen (secondary N) is 1. The lowest BCUT2D eigenvalue weighted by Crippen LogP contribution is -2.47. The van der Waals surface area contributed by atoms with E-state index >= 15 is 0 Å². The van der Waals surface area contributed by atoms with Gasteiger partial charge in [-0.25, -0.2) is 0 Å². The summed E-state index contributed by atoms with van der Waals surface area (Å²) in [6.07, 6.45) is -4.49. The van der Waals surface area contributed by atoms with E-state index < -0.39 is 12.6 Å². The van der Waals surface area contributed by atoms with Crippen LogP contribution in [-0.4, -0.2) is 80.3 Å². The van der Waals surface area contributed by atoms with E-state index in [-0.39, 0.29) is 55.3 Å². The quantitative estimate of drug-likeness (QED) is 0.652. The van der Waals surface area contributed by atoms with E-state index in [2.05, 4.69) is 5.32 Å².